The average Bonchev–Trinajstić information content (AvgIpc) is 3.15. The van der Waals surface area contributed by atoms with E-state index < -0.39 is 10.8 Å². The van der Waals surface area contributed by atoms with E-state index in [-0.39, 0.29) is 23.5 Å². The number of amides is 3. The van der Waals surface area contributed by atoms with Gasteiger partial charge in [-0.1, -0.05) is 17.7 Å². The summed E-state index contributed by atoms with van der Waals surface area (Å²) in [6.07, 6.45) is 3.33. The molecule has 0 saturated heterocycles. The van der Waals surface area contributed by atoms with Crippen molar-refractivity contribution in [1.82, 2.24) is 15.3 Å². The summed E-state index contributed by atoms with van der Waals surface area (Å²) in [5, 5.41) is 8.50. The number of aromatic nitrogens is 1. The predicted molar refractivity (Wildman–Crippen MR) is 110 cm³/mol. The fourth-order valence-corrected chi connectivity index (χ4v) is 4.91. The maximum Gasteiger partial charge on any atom is 0.271 e. The number of carbonyl (C=O) groups is 3. The number of carbonyl (C=O) groups excluding carboxylic acids is 3. The first-order valence-corrected chi connectivity index (χ1v) is 9.89. The van der Waals surface area contributed by atoms with Crippen LogP contribution in [0.5, 0.6) is 0 Å². The molecule has 2 aliphatic rings. The van der Waals surface area contributed by atoms with Gasteiger partial charge in [-0.25, -0.2) is 0 Å². The molecule has 2 aliphatic heterocycles. The normalized spacial score (nSPS) is 20.1. The molecular weight excluding hydrogens is 414 g/mol. The molecule has 3 heterocycles. The summed E-state index contributed by atoms with van der Waals surface area (Å²) in [5.41, 5.74) is 2.00. The largest absolute Gasteiger partial charge is 0.304 e. The van der Waals surface area contributed by atoms with Gasteiger partial charge in [-0.15, -0.1) is 5.10 Å². The van der Waals surface area contributed by atoms with E-state index in [1.165, 1.54) is 13.8 Å². The number of rotatable bonds is 2. The van der Waals surface area contributed by atoms with Crippen molar-refractivity contribution in [3.63, 3.8) is 0 Å². The fraction of sp³-hybridized carbons (Fsp3) is 0.211. The van der Waals surface area contributed by atoms with Crippen molar-refractivity contribution < 1.29 is 14.4 Å². The Morgan fingerprint density at radius 2 is 2.07 bits per heavy atom. The molecule has 10 heteroatoms. The third kappa shape index (κ3) is 3.16. The summed E-state index contributed by atoms with van der Waals surface area (Å²) in [6.45, 7) is 2.93. The first-order chi connectivity index (χ1) is 13.8. The smallest absolute Gasteiger partial charge is 0.271 e. The molecule has 148 valence electrons. The zero-order chi connectivity index (χ0) is 20.8. The van der Waals surface area contributed by atoms with Gasteiger partial charge < -0.3 is 10.2 Å². The third-order valence-corrected chi connectivity index (χ3v) is 6.00. The molecule has 1 N–H and O–H groups in total. The van der Waals surface area contributed by atoms with Crippen LogP contribution < -0.4 is 10.2 Å². The molecule has 0 bridgehead atoms. The average molecular weight is 430 g/mol. The summed E-state index contributed by atoms with van der Waals surface area (Å²) in [5.74, 6) is -1.12. The minimum absolute atomic E-state index is 0.176. The molecule has 1 atom stereocenters. The van der Waals surface area contributed by atoms with E-state index in [9.17, 15) is 14.4 Å². The first-order valence-electron chi connectivity index (χ1n) is 8.70. The van der Waals surface area contributed by atoms with Crippen LogP contribution in [0.4, 0.5) is 5.69 Å². The number of nitrogens with zero attached hydrogens (tertiary/aromatic N) is 4. The van der Waals surface area contributed by atoms with E-state index in [1.54, 1.807) is 41.6 Å². The number of hydrogen-bond donors (Lipinski definition) is 1. The second kappa shape index (κ2) is 7.16. The van der Waals surface area contributed by atoms with Gasteiger partial charge in [0.2, 0.25) is 16.7 Å². The maximum atomic E-state index is 13.7. The zero-order valence-electron chi connectivity index (χ0n) is 15.5. The van der Waals surface area contributed by atoms with Gasteiger partial charge in [0.05, 0.1) is 12.2 Å². The molecule has 0 fully saturated rings. The Balaban J connectivity index is 1.83. The number of amidine groups is 1. The van der Waals surface area contributed by atoms with E-state index in [2.05, 4.69) is 15.4 Å². The van der Waals surface area contributed by atoms with Gasteiger partial charge in [-0.05, 0) is 41.6 Å². The van der Waals surface area contributed by atoms with Gasteiger partial charge in [-0.3, -0.25) is 19.4 Å². The first kappa shape index (κ1) is 19.4. The second-order valence-electron chi connectivity index (χ2n) is 6.58. The Labute approximate surface area is 175 Å². The van der Waals surface area contributed by atoms with Gasteiger partial charge in [0, 0.05) is 36.8 Å². The van der Waals surface area contributed by atoms with Gasteiger partial charge in [0.1, 0.15) is 0 Å². The molecule has 0 unspecified atom stereocenters. The molecule has 29 heavy (non-hydrogen) atoms. The quantitative estimate of drug-likeness (QED) is 0.791. The summed E-state index contributed by atoms with van der Waals surface area (Å²) in [4.78, 5) is 41.9. The van der Waals surface area contributed by atoms with E-state index in [4.69, 9.17) is 11.6 Å². The number of hydrazone groups is 1. The minimum Gasteiger partial charge on any atom is -0.304 e. The van der Waals surface area contributed by atoms with Crippen molar-refractivity contribution in [2.45, 2.75) is 25.3 Å². The summed E-state index contributed by atoms with van der Waals surface area (Å²) < 4.78 is 0. The highest BCUT2D eigenvalue weighted by molar-refractivity contribution is 8.15. The molecule has 0 radical (unpaired) electrons. The standard InChI is InChI=1S/C19H16ClN5O3S/c1-11(26)22-18-23-25(12(2)27)19(29-18)15-8-14(20)5-6-16(15)24(17(19)28)10-13-4-3-7-21-9-13/h3-9H,10H2,1-2H3,(H,22,23,26)/t19-/m0/s1. The van der Waals surface area contributed by atoms with Crippen LogP contribution in [0.3, 0.4) is 0 Å². The topological polar surface area (TPSA) is 95.0 Å². The van der Waals surface area contributed by atoms with E-state index in [1.807, 2.05) is 6.07 Å². The number of fused-ring (bicyclic) bond motifs is 2. The SMILES string of the molecule is CC(=O)NC1=NN(C(C)=O)[C@@]2(S1)C(=O)N(Cc1cccnc1)c1ccc(Cl)cc12. The predicted octanol–water partition coefficient (Wildman–Crippen LogP) is 2.44. The highest BCUT2D eigenvalue weighted by Gasteiger charge is 2.61. The molecule has 2 aromatic rings. The molecule has 1 spiro atoms. The van der Waals surface area contributed by atoms with Gasteiger partial charge in [-0.2, -0.15) is 5.01 Å². The number of hydrogen-bond acceptors (Lipinski definition) is 6. The molecular formula is C19H16ClN5O3S. The lowest BCUT2D eigenvalue weighted by atomic mass is 10.1. The third-order valence-electron chi connectivity index (χ3n) is 4.53. The molecule has 0 aliphatic carbocycles. The fourth-order valence-electron chi connectivity index (χ4n) is 3.42. The maximum absolute atomic E-state index is 13.7. The summed E-state index contributed by atoms with van der Waals surface area (Å²) >= 11 is 7.25. The van der Waals surface area contributed by atoms with Gasteiger partial charge in [0.15, 0.2) is 5.17 Å². The number of halogens is 1. The van der Waals surface area contributed by atoms with Crippen LogP contribution in [0.15, 0.2) is 47.8 Å². The molecule has 4 rings (SSSR count). The van der Waals surface area contributed by atoms with Crippen LogP contribution in [0.1, 0.15) is 25.0 Å². The van der Waals surface area contributed by atoms with Crippen LogP contribution >= 0.6 is 23.4 Å². The molecule has 3 amide bonds. The second-order valence-corrected chi connectivity index (χ2v) is 8.20. The molecule has 8 nitrogen and oxygen atoms in total. The van der Waals surface area contributed by atoms with Crippen LogP contribution in [-0.4, -0.2) is 32.9 Å². The molecule has 0 saturated carbocycles. The van der Waals surface area contributed by atoms with Crippen molar-refractivity contribution in [3.05, 3.63) is 58.9 Å². The summed E-state index contributed by atoms with van der Waals surface area (Å²) in [6, 6.07) is 8.75. The van der Waals surface area contributed by atoms with E-state index in [0.717, 1.165) is 22.3 Å². The van der Waals surface area contributed by atoms with Crippen molar-refractivity contribution in [2.75, 3.05) is 4.90 Å². The van der Waals surface area contributed by atoms with Gasteiger partial charge >= 0.3 is 0 Å². The van der Waals surface area contributed by atoms with Crippen LogP contribution in [0.25, 0.3) is 0 Å². The monoisotopic (exact) mass is 429 g/mol. The number of benzene rings is 1. The number of anilines is 1. The number of thioether (sulfide) groups is 1. The van der Waals surface area contributed by atoms with Crippen LogP contribution in [0, 0.1) is 0 Å². The van der Waals surface area contributed by atoms with E-state index >= 15 is 0 Å². The highest BCUT2D eigenvalue weighted by Crippen LogP contribution is 2.55. The van der Waals surface area contributed by atoms with Crippen molar-refractivity contribution in [2.24, 2.45) is 5.10 Å². The lowest BCUT2D eigenvalue weighted by Crippen LogP contribution is -2.48. The Morgan fingerprint density at radius 3 is 2.72 bits per heavy atom. The Kier molecular flexibility index (Phi) is 4.79. The lowest BCUT2D eigenvalue weighted by molar-refractivity contribution is -0.139. The highest BCUT2D eigenvalue weighted by atomic mass is 35.5. The Bertz CT molecular complexity index is 1060. The van der Waals surface area contributed by atoms with Crippen molar-refractivity contribution in [3.8, 4) is 0 Å². The van der Waals surface area contributed by atoms with Crippen molar-refractivity contribution >= 4 is 51.9 Å². The number of nitrogens with one attached hydrogen (secondary N) is 1. The van der Waals surface area contributed by atoms with Crippen molar-refractivity contribution in [1.29, 1.82) is 0 Å². The van der Waals surface area contributed by atoms with E-state index in [0.29, 0.717) is 16.3 Å². The lowest BCUT2D eigenvalue weighted by Gasteiger charge is -2.29. The number of pyridine rings is 1. The molecule has 1 aromatic carbocycles. The summed E-state index contributed by atoms with van der Waals surface area (Å²) in [7, 11) is 0. The Hall–Kier alpha value is -2.91. The van der Waals surface area contributed by atoms with Crippen LogP contribution in [-0.2, 0) is 25.8 Å². The molecule has 1 aromatic heterocycles. The zero-order valence-corrected chi connectivity index (χ0v) is 17.1. The van der Waals surface area contributed by atoms with Gasteiger partial charge in [0.25, 0.3) is 5.91 Å². The Morgan fingerprint density at radius 1 is 1.28 bits per heavy atom. The van der Waals surface area contributed by atoms with Crippen LogP contribution in [0.2, 0.25) is 5.02 Å². The minimum atomic E-state index is -1.47.